The number of benzene rings is 1. The Labute approximate surface area is 104 Å². The molecule has 0 aliphatic rings. The molecule has 0 aliphatic heterocycles. The summed E-state index contributed by atoms with van der Waals surface area (Å²) in [5.41, 5.74) is 0.489. The number of aliphatic carboxylic acids is 1. The third kappa shape index (κ3) is 4.75. The van der Waals surface area contributed by atoms with Gasteiger partial charge in [-0.3, -0.25) is 4.79 Å². The predicted molar refractivity (Wildman–Crippen MR) is 67.7 cm³/mol. The van der Waals surface area contributed by atoms with Gasteiger partial charge in [0, 0.05) is 12.1 Å². The van der Waals surface area contributed by atoms with Crippen molar-refractivity contribution in [3.63, 3.8) is 0 Å². The van der Waals surface area contributed by atoms with E-state index in [0.29, 0.717) is 12.0 Å². The van der Waals surface area contributed by atoms with Crippen LogP contribution in [0.2, 0.25) is 0 Å². The fraction of sp³-hybridized carbons (Fsp3) is 0.417. The van der Waals surface area contributed by atoms with Crippen molar-refractivity contribution in [2.75, 3.05) is 12.0 Å². The zero-order chi connectivity index (χ0) is 12.7. The molecule has 0 aromatic heterocycles. The van der Waals surface area contributed by atoms with Crippen LogP contribution in [-0.2, 0) is 11.3 Å². The van der Waals surface area contributed by atoms with Crippen molar-refractivity contribution in [3.8, 4) is 0 Å². The number of halogens is 1. The van der Waals surface area contributed by atoms with E-state index in [-0.39, 0.29) is 12.4 Å². The Bertz CT molecular complexity index is 373. The van der Waals surface area contributed by atoms with Crippen LogP contribution in [0.1, 0.15) is 12.0 Å². The van der Waals surface area contributed by atoms with Crippen molar-refractivity contribution in [2.24, 2.45) is 0 Å². The van der Waals surface area contributed by atoms with Gasteiger partial charge >= 0.3 is 5.97 Å². The molecule has 1 aromatic carbocycles. The van der Waals surface area contributed by atoms with Crippen LogP contribution in [-0.4, -0.2) is 29.1 Å². The second kappa shape index (κ2) is 7.29. The van der Waals surface area contributed by atoms with Gasteiger partial charge in [-0.15, -0.1) is 0 Å². The monoisotopic (exact) mass is 257 g/mol. The van der Waals surface area contributed by atoms with Crippen LogP contribution in [0.3, 0.4) is 0 Å². The van der Waals surface area contributed by atoms with Crippen LogP contribution in [0.25, 0.3) is 0 Å². The van der Waals surface area contributed by atoms with Crippen molar-refractivity contribution in [1.82, 2.24) is 5.32 Å². The van der Waals surface area contributed by atoms with E-state index in [1.165, 1.54) is 6.07 Å². The van der Waals surface area contributed by atoms with Gasteiger partial charge in [0.1, 0.15) is 11.9 Å². The highest BCUT2D eigenvalue weighted by molar-refractivity contribution is 7.98. The Balaban J connectivity index is 2.52. The number of hydrogen-bond donors (Lipinski definition) is 2. The highest BCUT2D eigenvalue weighted by atomic mass is 32.2. The highest BCUT2D eigenvalue weighted by Gasteiger charge is 2.16. The molecule has 5 heteroatoms. The number of rotatable bonds is 7. The lowest BCUT2D eigenvalue weighted by molar-refractivity contribution is -0.139. The third-order valence-electron chi connectivity index (χ3n) is 2.41. The van der Waals surface area contributed by atoms with Crippen molar-refractivity contribution in [1.29, 1.82) is 0 Å². The Morgan fingerprint density at radius 3 is 2.82 bits per heavy atom. The topological polar surface area (TPSA) is 49.3 Å². The van der Waals surface area contributed by atoms with E-state index in [4.69, 9.17) is 5.11 Å². The summed E-state index contributed by atoms with van der Waals surface area (Å²) in [7, 11) is 0. The molecule has 0 saturated carbocycles. The molecule has 0 unspecified atom stereocenters. The summed E-state index contributed by atoms with van der Waals surface area (Å²) in [6.45, 7) is 0.234. The molecule has 2 N–H and O–H groups in total. The fourth-order valence-corrected chi connectivity index (χ4v) is 1.89. The van der Waals surface area contributed by atoms with Crippen LogP contribution < -0.4 is 5.32 Å². The fourth-order valence-electron chi connectivity index (χ4n) is 1.42. The van der Waals surface area contributed by atoms with Crippen LogP contribution >= 0.6 is 11.8 Å². The van der Waals surface area contributed by atoms with Crippen molar-refractivity contribution in [2.45, 2.75) is 19.0 Å². The van der Waals surface area contributed by atoms with Gasteiger partial charge in [-0.25, -0.2) is 4.39 Å². The Morgan fingerprint density at radius 1 is 1.53 bits per heavy atom. The lowest BCUT2D eigenvalue weighted by Gasteiger charge is -2.14. The van der Waals surface area contributed by atoms with E-state index in [1.54, 1.807) is 30.0 Å². The summed E-state index contributed by atoms with van der Waals surface area (Å²) in [4.78, 5) is 10.9. The first-order chi connectivity index (χ1) is 8.15. The second-order valence-corrected chi connectivity index (χ2v) is 4.63. The molecular weight excluding hydrogens is 241 g/mol. The molecule has 94 valence electrons. The molecule has 0 amide bonds. The molecule has 17 heavy (non-hydrogen) atoms. The molecule has 1 rings (SSSR count). The lowest BCUT2D eigenvalue weighted by atomic mass is 10.1. The smallest absolute Gasteiger partial charge is 0.320 e. The average Bonchev–Trinajstić information content (AvgIpc) is 2.31. The van der Waals surface area contributed by atoms with Gasteiger partial charge in [0.2, 0.25) is 0 Å². The molecule has 3 nitrogen and oxygen atoms in total. The summed E-state index contributed by atoms with van der Waals surface area (Å²) in [6.07, 6.45) is 2.46. The molecule has 0 saturated heterocycles. The summed E-state index contributed by atoms with van der Waals surface area (Å²) in [5, 5.41) is 11.8. The van der Waals surface area contributed by atoms with Gasteiger partial charge in [-0.05, 0) is 24.5 Å². The van der Waals surface area contributed by atoms with E-state index >= 15 is 0 Å². The summed E-state index contributed by atoms with van der Waals surface area (Å²) in [6, 6.07) is 5.74. The Hall–Kier alpha value is -1.07. The maximum atomic E-state index is 13.3. The number of nitrogens with one attached hydrogen (secondary N) is 1. The van der Waals surface area contributed by atoms with Crippen molar-refractivity contribution in [3.05, 3.63) is 35.6 Å². The zero-order valence-electron chi connectivity index (χ0n) is 9.65. The Morgan fingerprint density at radius 2 is 2.24 bits per heavy atom. The maximum Gasteiger partial charge on any atom is 0.320 e. The first-order valence-electron chi connectivity index (χ1n) is 5.33. The largest absolute Gasteiger partial charge is 0.480 e. The Kier molecular flexibility index (Phi) is 6.00. The number of thioether (sulfide) groups is 1. The quantitative estimate of drug-likeness (QED) is 0.785. The third-order valence-corrected chi connectivity index (χ3v) is 3.05. The standard InChI is InChI=1S/C12H16FNO2S/c1-17-7-6-11(12(15)16)14-8-9-4-2-3-5-10(9)13/h2-5,11,14H,6-8H2,1H3,(H,15,16)/t11-/m1/s1. The number of carboxylic acid groups (broad SMARTS) is 1. The molecule has 0 radical (unpaired) electrons. The van der Waals surface area contributed by atoms with Crippen LogP contribution in [0.15, 0.2) is 24.3 Å². The summed E-state index contributed by atoms with van der Waals surface area (Å²) in [5.74, 6) is -0.439. The molecule has 0 bridgehead atoms. The molecule has 0 heterocycles. The van der Waals surface area contributed by atoms with Gasteiger partial charge in [-0.2, -0.15) is 11.8 Å². The SMILES string of the molecule is CSCC[C@@H](NCc1ccccc1F)C(=O)O. The minimum Gasteiger partial charge on any atom is -0.480 e. The summed E-state index contributed by atoms with van der Waals surface area (Å²) < 4.78 is 13.3. The molecule has 1 atom stereocenters. The minimum atomic E-state index is -0.893. The predicted octanol–water partition coefficient (Wildman–Crippen LogP) is 2.12. The van der Waals surface area contributed by atoms with E-state index in [9.17, 15) is 9.18 Å². The molecule has 0 fully saturated rings. The molecular formula is C12H16FNO2S. The van der Waals surface area contributed by atoms with Crippen LogP contribution in [0.4, 0.5) is 4.39 Å². The van der Waals surface area contributed by atoms with Crippen molar-refractivity contribution < 1.29 is 14.3 Å². The number of carbonyl (C=O) groups is 1. The second-order valence-electron chi connectivity index (χ2n) is 3.64. The normalized spacial score (nSPS) is 12.4. The number of carboxylic acids is 1. The average molecular weight is 257 g/mol. The maximum absolute atomic E-state index is 13.3. The first-order valence-corrected chi connectivity index (χ1v) is 6.73. The van der Waals surface area contributed by atoms with Gasteiger partial charge in [0.15, 0.2) is 0 Å². The van der Waals surface area contributed by atoms with Crippen molar-refractivity contribution >= 4 is 17.7 Å². The van der Waals surface area contributed by atoms with Gasteiger partial charge in [0.25, 0.3) is 0 Å². The number of hydrogen-bond acceptors (Lipinski definition) is 3. The minimum absolute atomic E-state index is 0.234. The summed E-state index contributed by atoms with van der Waals surface area (Å²) >= 11 is 1.59. The molecule has 0 aliphatic carbocycles. The zero-order valence-corrected chi connectivity index (χ0v) is 10.5. The first kappa shape index (κ1) is 14.0. The van der Waals surface area contributed by atoms with Crippen LogP contribution in [0.5, 0.6) is 0 Å². The molecule has 0 spiro atoms. The van der Waals surface area contributed by atoms with Gasteiger partial charge in [0.05, 0.1) is 0 Å². The van der Waals surface area contributed by atoms with E-state index in [0.717, 1.165) is 5.75 Å². The van der Waals surface area contributed by atoms with E-state index < -0.39 is 12.0 Å². The molecule has 1 aromatic rings. The van der Waals surface area contributed by atoms with E-state index in [2.05, 4.69) is 5.32 Å². The van der Waals surface area contributed by atoms with Gasteiger partial charge in [-0.1, -0.05) is 18.2 Å². The van der Waals surface area contributed by atoms with Gasteiger partial charge < -0.3 is 10.4 Å². The highest BCUT2D eigenvalue weighted by Crippen LogP contribution is 2.07. The van der Waals surface area contributed by atoms with Crippen LogP contribution in [0, 0.1) is 5.82 Å². The lowest BCUT2D eigenvalue weighted by Crippen LogP contribution is -2.36. The van der Waals surface area contributed by atoms with E-state index in [1.807, 2.05) is 6.26 Å².